The molecule has 0 aromatic rings. The van der Waals surface area contributed by atoms with E-state index >= 15 is 0 Å². The Morgan fingerprint density at radius 3 is 0.935 bits per heavy atom. The van der Waals surface area contributed by atoms with Crippen molar-refractivity contribution in [1.82, 2.24) is 31.9 Å². The highest BCUT2D eigenvalue weighted by atomic mass is 16.8. The summed E-state index contributed by atoms with van der Waals surface area (Å²) in [6.45, 7) is -1.81. The van der Waals surface area contributed by atoms with Crippen LogP contribution in [0.4, 0.5) is 0 Å². The lowest BCUT2D eigenvalue weighted by Crippen LogP contribution is -2.71. The van der Waals surface area contributed by atoms with E-state index in [9.17, 15) is 64.5 Å². The minimum Gasteiger partial charge on any atom is -0.394 e. The fraction of sp³-hybridized carbons (Fsp3) is 0.797. The first-order valence-electron chi connectivity index (χ1n) is 35.2. The van der Waals surface area contributed by atoms with Crippen molar-refractivity contribution in [2.45, 2.75) is 236 Å². The number of guanidine groups is 6. The average Bonchev–Trinajstić information content (AvgIpc) is 1.69. The second kappa shape index (κ2) is 46.3. The van der Waals surface area contributed by atoms with Crippen LogP contribution in [0.1, 0.15) is 83.5 Å². The third-order valence-corrected chi connectivity index (χ3v) is 17.8. The maximum Gasteiger partial charge on any atom is 0.237 e. The molecule has 108 heavy (non-hydrogen) atoms. The molecular weight excluding hydrogens is 1430 g/mol. The number of nitrogens with zero attached hydrogens (tertiary/aromatic N) is 6. The smallest absolute Gasteiger partial charge is 0.237 e. The van der Waals surface area contributed by atoms with Gasteiger partial charge in [0, 0.05) is 52.4 Å². The number of amides is 6. The van der Waals surface area contributed by atoms with E-state index in [0.29, 0.717) is 0 Å². The standard InChI is InChI=1S/C59H118N30O19/c60-23(7-1-13-78-54(66)67)45(97)84-20-31-37(92)39(94)34(88-49(101)27(64)11-5-17-82-58(74)75)51(103-31)106-42-30(87-48(100)26(63)10-4-16-81-57(72)73)19-29(86-47(99)25(62)9-3-15-80-56(70)71)36(91)44(42)108-53-41(96)43(33(22-90)105-53)107-52-35(89-50(102)28(65)12-6-18-83-59(76)77)40(95)38(93)32(104-52)21-85-46(98)24(61)8-2-14-79-55(68)69/h23-44,51-53,90-96H,1-22,60-65H2,(H,84,97)(H,85,98)(H,86,99)(H,87,100)(H,88,101)(H,89,102)(H4,66,67,78)(H4,68,69,79)(H4,70,71,80)(H4,72,73,81)(H4,74,75,82)(H4,76,77,83). The number of aliphatic hydroxyl groups excluding tert-OH is 7. The van der Waals surface area contributed by atoms with E-state index in [4.69, 9.17) is 132 Å². The van der Waals surface area contributed by atoms with Crippen molar-refractivity contribution in [2.75, 3.05) is 59.0 Å². The first-order chi connectivity index (χ1) is 50.9. The van der Waals surface area contributed by atoms with E-state index in [1.54, 1.807) is 0 Å². The predicted molar refractivity (Wildman–Crippen MR) is 389 cm³/mol. The van der Waals surface area contributed by atoms with E-state index in [-0.39, 0.29) is 152 Å². The van der Waals surface area contributed by atoms with Crippen LogP contribution >= 0.6 is 0 Å². The van der Waals surface area contributed by atoms with Crippen LogP contribution in [-0.2, 0) is 57.2 Å². The number of nitrogens with one attached hydrogen (secondary N) is 6. The lowest BCUT2D eigenvalue weighted by atomic mass is 9.82. The van der Waals surface area contributed by atoms with E-state index in [0.717, 1.165) is 0 Å². The summed E-state index contributed by atoms with van der Waals surface area (Å²) < 4.78 is 38.4. The quantitative estimate of drug-likeness (QED) is 0.0153. The molecule has 4 fully saturated rings. The molecule has 6 amide bonds. The van der Waals surface area contributed by atoms with Crippen LogP contribution in [0.3, 0.4) is 0 Å². The van der Waals surface area contributed by atoms with Gasteiger partial charge in [-0.15, -0.1) is 0 Å². The van der Waals surface area contributed by atoms with Gasteiger partial charge < -0.3 is 199 Å². The maximum atomic E-state index is 14.5. The second-order valence-corrected chi connectivity index (χ2v) is 26.4. The Balaban J connectivity index is 1.91. The molecule has 49 N–H and O–H groups in total. The van der Waals surface area contributed by atoms with E-state index in [2.05, 4.69) is 61.9 Å². The van der Waals surface area contributed by atoms with Crippen LogP contribution in [0.25, 0.3) is 0 Å². The molecule has 3 aliphatic heterocycles. The van der Waals surface area contributed by atoms with Gasteiger partial charge in [-0.05, 0) is 83.5 Å². The van der Waals surface area contributed by atoms with Gasteiger partial charge in [0.15, 0.2) is 54.6 Å². The van der Waals surface area contributed by atoms with Gasteiger partial charge in [0.1, 0.15) is 85.3 Å². The van der Waals surface area contributed by atoms with Crippen molar-refractivity contribution < 1.29 is 92.9 Å². The van der Waals surface area contributed by atoms with Gasteiger partial charge in [-0.1, -0.05) is 0 Å². The Morgan fingerprint density at radius 2 is 0.620 bits per heavy atom. The number of nitrogens with two attached hydrogens (primary N) is 18. The summed E-state index contributed by atoms with van der Waals surface area (Å²) in [4.78, 5) is 107. The normalized spacial score (nSPS) is 29.1. The monoisotopic (exact) mass is 1550 g/mol. The summed E-state index contributed by atoms with van der Waals surface area (Å²) in [5.41, 5.74) is 103. The van der Waals surface area contributed by atoms with Gasteiger partial charge in [-0.2, -0.15) is 0 Å². The van der Waals surface area contributed by atoms with E-state index < -0.39 is 214 Å². The van der Waals surface area contributed by atoms with Gasteiger partial charge >= 0.3 is 0 Å². The highest BCUT2D eigenvalue weighted by molar-refractivity contribution is 5.85. The molecule has 49 nitrogen and oxygen atoms in total. The summed E-state index contributed by atoms with van der Waals surface area (Å²) in [7, 11) is 0. The molecule has 0 aromatic heterocycles. The van der Waals surface area contributed by atoms with Crippen molar-refractivity contribution in [3.63, 3.8) is 0 Å². The van der Waals surface area contributed by atoms with Crippen molar-refractivity contribution in [1.29, 1.82) is 0 Å². The first kappa shape index (κ1) is 92.1. The summed E-state index contributed by atoms with van der Waals surface area (Å²) in [6, 6.07) is -14.6. The molecule has 3 heterocycles. The Labute approximate surface area is 622 Å². The molecule has 49 heteroatoms. The Hall–Kier alpha value is -8.32. The lowest BCUT2D eigenvalue weighted by Gasteiger charge is -2.49. The number of carbonyl (C=O) groups excluding carboxylic acids is 6. The van der Waals surface area contributed by atoms with Gasteiger partial charge in [-0.25, -0.2) is 0 Å². The molecule has 25 unspecified atom stereocenters. The SMILES string of the molecule is NC(N)=NCCCC(N)C(=O)NCC1OC(OC2C(CO)OC(OC3C(O)C(NC(=O)C(N)CCCN=C(N)N)CC(NC(=O)C(N)CCCN=C(N)N)C3OC3OC(CNC(=O)C(N)CCCN=C(N)N)C(O)C(O)C3NC(=O)C(N)CCCN=C(N)N)C2O)C(NC(=O)C(N)CCCN=C(N)N)C(O)C1O. The molecule has 25 atom stereocenters. The molecule has 1 saturated carbocycles. The molecule has 4 aliphatic rings. The molecule has 0 bridgehead atoms. The topological polar surface area (TPSA) is 914 Å². The largest absolute Gasteiger partial charge is 0.394 e. The first-order valence-corrected chi connectivity index (χ1v) is 35.2. The zero-order chi connectivity index (χ0) is 80.6. The number of hydrogen-bond donors (Lipinski definition) is 31. The molecule has 3 saturated heterocycles. The van der Waals surface area contributed by atoms with Crippen molar-refractivity contribution >= 4 is 71.2 Å². The molecule has 618 valence electrons. The highest BCUT2D eigenvalue weighted by Gasteiger charge is 2.57. The second-order valence-electron chi connectivity index (χ2n) is 26.4. The Morgan fingerprint density at radius 1 is 0.343 bits per heavy atom. The van der Waals surface area contributed by atoms with Crippen LogP contribution in [0.5, 0.6) is 0 Å². The Kier molecular flexibility index (Phi) is 39.4. The van der Waals surface area contributed by atoms with Gasteiger partial charge in [0.2, 0.25) is 35.4 Å². The van der Waals surface area contributed by atoms with Gasteiger partial charge in [0.25, 0.3) is 0 Å². The number of ether oxygens (including phenoxy) is 6. The molecule has 1 aliphatic carbocycles. The molecular formula is C59H118N30O19. The van der Waals surface area contributed by atoms with Crippen LogP contribution in [0, 0.1) is 0 Å². The van der Waals surface area contributed by atoms with Crippen LogP contribution in [-0.4, -0.2) is 318 Å². The van der Waals surface area contributed by atoms with Crippen molar-refractivity contribution in [2.24, 2.45) is 133 Å². The van der Waals surface area contributed by atoms with Gasteiger partial charge in [-0.3, -0.25) is 58.7 Å². The number of hydrogen-bond acceptors (Lipinski definition) is 31. The number of aliphatic imine (C=N–C) groups is 6. The maximum absolute atomic E-state index is 14.5. The zero-order valence-electron chi connectivity index (χ0n) is 60.1. The van der Waals surface area contributed by atoms with Crippen molar-refractivity contribution in [3.8, 4) is 0 Å². The third-order valence-electron chi connectivity index (χ3n) is 17.8. The molecule has 0 aromatic carbocycles. The minimum atomic E-state index is -2.19. The molecule has 0 radical (unpaired) electrons. The van der Waals surface area contributed by atoms with Crippen LogP contribution < -0.4 is 135 Å². The molecule has 0 spiro atoms. The minimum absolute atomic E-state index is 0.0252. The number of carbonyl (C=O) groups is 6. The summed E-state index contributed by atoms with van der Waals surface area (Å²) in [5, 5.41) is 99.5. The van der Waals surface area contributed by atoms with E-state index in [1.165, 1.54) is 0 Å². The molecule has 4 rings (SSSR count). The van der Waals surface area contributed by atoms with Crippen LogP contribution in [0.2, 0.25) is 0 Å². The summed E-state index contributed by atoms with van der Waals surface area (Å²) >= 11 is 0. The predicted octanol–water partition coefficient (Wildman–Crippen LogP) is -17.7. The van der Waals surface area contributed by atoms with Crippen molar-refractivity contribution in [3.05, 3.63) is 0 Å². The zero-order valence-corrected chi connectivity index (χ0v) is 60.1. The fourth-order valence-electron chi connectivity index (χ4n) is 11.8. The third kappa shape index (κ3) is 30.3. The summed E-state index contributed by atoms with van der Waals surface area (Å²) in [5.74, 6) is -6.57. The fourth-order valence-corrected chi connectivity index (χ4v) is 11.8. The summed E-state index contributed by atoms with van der Waals surface area (Å²) in [6.07, 6.45) is -28.9. The van der Waals surface area contributed by atoms with Crippen LogP contribution in [0.15, 0.2) is 30.0 Å². The highest BCUT2D eigenvalue weighted by Crippen LogP contribution is 2.36. The van der Waals surface area contributed by atoms with E-state index in [1.807, 2.05) is 0 Å². The lowest BCUT2D eigenvalue weighted by molar-refractivity contribution is -0.311. The number of aliphatic hydroxyl groups is 7. The Bertz CT molecular complexity index is 3000. The number of rotatable bonds is 45. The van der Waals surface area contributed by atoms with Gasteiger partial charge in [0.05, 0.1) is 54.9 Å². The average molecular weight is 1550 g/mol.